The Morgan fingerprint density at radius 2 is 1.72 bits per heavy atom. The van der Waals surface area contributed by atoms with Crippen molar-refractivity contribution in [2.45, 2.75) is 46.4 Å². The highest BCUT2D eigenvalue weighted by Gasteiger charge is 2.61. The zero-order valence-corrected chi connectivity index (χ0v) is 11.3. The van der Waals surface area contributed by atoms with Crippen LogP contribution >= 0.6 is 0 Å². The van der Waals surface area contributed by atoms with Crippen molar-refractivity contribution < 1.29 is 22.7 Å². The Hall–Kier alpha value is -1.00. The van der Waals surface area contributed by atoms with Crippen LogP contribution in [0.3, 0.4) is 0 Å². The van der Waals surface area contributed by atoms with Crippen LogP contribution in [0.15, 0.2) is 12.2 Å². The van der Waals surface area contributed by atoms with Crippen LogP contribution in [0.1, 0.15) is 34.6 Å². The van der Waals surface area contributed by atoms with Crippen LogP contribution in [0.4, 0.5) is 13.2 Å². The number of alkyl halides is 3. The van der Waals surface area contributed by atoms with E-state index in [-0.39, 0.29) is 6.08 Å². The standard InChI is InChI=1S/C13H19F3O2/c1-11(2,3)18-10(17)9-8(12(9,4)5)6-7-13(14,15)16/h6-9H,1-5H3/b7-6+/t8-,9+/m1/s1. The first kappa shape index (κ1) is 15.1. The first-order valence-electron chi connectivity index (χ1n) is 5.83. The third kappa shape index (κ3) is 3.75. The quantitative estimate of drug-likeness (QED) is 0.561. The van der Waals surface area contributed by atoms with E-state index in [0.29, 0.717) is 0 Å². The minimum Gasteiger partial charge on any atom is -0.460 e. The van der Waals surface area contributed by atoms with Gasteiger partial charge in [0.05, 0.1) is 5.92 Å². The van der Waals surface area contributed by atoms with Gasteiger partial charge in [-0.3, -0.25) is 4.79 Å². The number of allylic oxidation sites excluding steroid dienone is 2. The second-order valence-corrected chi connectivity index (χ2v) is 6.26. The second-order valence-electron chi connectivity index (χ2n) is 6.26. The van der Waals surface area contributed by atoms with Crippen molar-refractivity contribution in [2.75, 3.05) is 0 Å². The third-order valence-electron chi connectivity index (χ3n) is 3.06. The van der Waals surface area contributed by atoms with E-state index < -0.39 is 35.0 Å². The lowest BCUT2D eigenvalue weighted by molar-refractivity contribution is -0.157. The molecule has 0 aromatic heterocycles. The average molecular weight is 264 g/mol. The average Bonchev–Trinajstić information content (AvgIpc) is 2.60. The Morgan fingerprint density at radius 1 is 1.22 bits per heavy atom. The summed E-state index contributed by atoms with van der Waals surface area (Å²) in [6.45, 7) is 8.75. The number of halogens is 3. The molecule has 0 unspecified atom stereocenters. The van der Waals surface area contributed by atoms with E-state index >= 15 is 0 Å². The predicted molar refractivity (Wildman–Crippen MR) is 61.8 cm³/mol. The van der Waals surface area contributed by atoms with E-state index in [4.69, 9.17) is 4.74 Å². The molecule has 1 aliphatic rings. The number of carbonyl (C=O) groups excluding carboxylic acids is 1. The number of hydrogen-bond donors (Lipinski definition) is 0. The summed E-state index contributed by atoms with van der Waals surface area (Å²) < 4.78 is 41.5. The predicted octanol–water partition coefficient (Wildman–Crippen LogP) is 3.72. The van der Waals surface area contributed by atoms with E-state index in [0.717, 1.165) is 6.08 Å². The molecule has 2 nitrogen and oxygen atoms in total. The molecule has 0 heterocycles. The highest BCUT2D eigenvalue weighted by atomic mass is 19.4. The second kappa shape index (κ2) is 4.28. The molecule has 18 heavy (non-hydrogen) atoms. The summed E-state index contributed by atoms with van der Waals surface area (Å²) in [6, 6.07) is 0. The lowest BCUT2D eigenvalue weighted by Crippen LogP contribution is -2.26. The van der Waals surface area contributed by atoms with E-state index in [1.807, 2.05) is 0 Å². The summed E-state index contributed by atoms with van der Waals surface area (Å²) in [7, 11) is 0. The van der Waals surface area contributed by atoms with Crippen molar-refractivity contribution in [2.24, 2.45) is 17.3 Å². The molecule has 0 radical (unpaired) electrons. The van der Waals surface area contributed by atoms with Gasteiger partial charge in [-0.15, -0.1) is 0 Å². The molecular formula is C13H19F3O2. The lowest BCUT2D eigenvalue weighted by atomic mass is 10.1. The van der Waals surface area contributed by atoms with Crippen LogP contribution in [0.25, 0.3) is 0 Å². The van der Waals surface area contributed by atoms with E-state index in [2.05, 4.69) is 0 Å². The van der Waals surface area contributed by atoms with Crippen molar-refractivity contribution in [3.63, 3.8) is 0 Å². The van der Waals surface area contributed by atoms with Gasteiger partial charge in [0, 0.05) is 6.08 Å². The molecule has 1 aliphatic carbocycles. The molecule has 0 N–H and O–H groups in total. The summed E-state index contributed by atoms with van der Waals surface area (Å²) in [4.78, 5) is 11.8. The zero-order chi connectivity index (χ0) is 14.4. The summed E-state index contributed by atoms with van der Waals surface area (Å²) in [5, 5.41) is 0. The Morgan fingerprint density at radius 3 is 2.11 bits per heavy atom. The number of hydrogen-bond acceptors (Lipinski definition) is 2. The minimum absolute atomic E-state index is 0.198. The van der Waals surface area contributed by atoms with Crippen molar-refractivity contribution in [3.05, 3.63) is 12.2 Å². The molecule has 0 aromatic rings. The van der Waals surface area contributed by atoms with Crippen LogP contribution in [-0.4, -0.2) is 17.7 Å². The van der Waals surface area contributed by atoms with Gasteiger partial charge in [0.25, 0.3) is 0 Å². The Kier molecular flexibility index (Phi) is 3.58. The molecule has 0 aromatic carbocycles. The van der Waals surface area contributed by atoms with Crippen molar-refractivity contribution in [1.82, 2.24) is 0 Å². The molecule has 104 valence electrons. The molecule has 5 heteroatoms. The molecule has 2 atom stereocenters. The molecule has 1 fully saturated rings. The van der Waals surface area contributed by atoms with Gasteiger partial charge < -0.3 is 4.74 Å². The van der Waals surface area contributed by atoms with Crippen LogP contribution in [0, 0.1) is 17.3 Å². The number of ether oxygens (including phenoxy) is 1. The van der Waals surface area contributed by atoms with Crippen LogP contribution in [0.2, 0.25) is 0 Å². The molecule has 0 saturated heterocycles. The summed E-state index contributed by atoms with van der Waals surface area (Å²) in [5.41, 5.74) is -1.09. The van der Waals surface area contributed by atoms with Crippen molar-refractivity contribution in [1.29, 1.82) is 0 Å². The van der Waals surface area contributed by atoms with Gasteiger partial charge in [-0.05, 0) is 32.1 Å². The van der Waals surface area contributed by atoms with Gasteiger partial charge in [0.15, 0.2) is 0 Å². The van der Waals surface area contributed by atoms with E-state index in [1.54, 1.807) is 34.6 Å². The molecule has 0 aliphatic heterocycles. The largest absolute Gasteiger partial charge is 0.460 e. The number of carbonyl (C=O) groups is 1. The van der Waals surface area contributed by atoms with Crippen LogP contribution in [0.5, 0.6) is 0 Å². The molecule has 1 saturated carbocycles. The van der Waals surface area contributed by atoms with Crippen molar-refractivity contribution in [3.8, 4) is 0 Å². The highest BCUT2D eigenvalue weighted by Crippen LogP contribution is 2.60. The first-order valence-corrected chi connectivity index (χ1v) is 5.83. The topological polar surface area (TPSA) is 26.3 Å². The fraction of sp³-hybridized carbons (Fsp3) is 0.769. The Balaban J connectivity index is 2.70. The first-order chi connectivity index (χ1) is 7.84. The van der Waals surface area contributed by atoms with Gasteiger partial charge in [-0.25, -0.2) is 0 Å². The minimum atomic E-state index is -4.34. The van der Waals surface area contributed by atoms with E-state index in [1.165, 1.54) is 0 Å². The van der Waals surface area contributed by atoms with Crippen molar-refractivity contribution >= 4 is 5.97 Å². The van der Waals surface area contributed by atoms with Gasteiger partial charge in [-0.1, -0.05) is 19.9 Å². The Bertz CT molecular complexity index is 361. The normalized spacial score (nSPS) is 27.3. The van der Waals surface area contributed by atoms with Gasteiger partial charge in [0.1, 0.15) is 5.60 Å². The molecule has 1 rings (SSSR count). The molecular weight excluding hydrogens is 245 g/mol. The molecule has 0 bridgehead atoms. The maximum absolute atomic E-state index is 12.1. The fourth-order valence-electron chi connectivity index (χ4n) is 2.07. The van der Waals surface area contributed by atoms with Gasteiger partial charge in [0.2, 0.25) is 0 Å². The summed E-state index contributed by atoms with van der Waals surface area (Å²) in [6.07, 6.45) is -3.07. The molecule has 0 spiro atoms. The van der Waals surface area contributed by atoms with Crippen LogP contribution < -0.4 is 0 Å². The fourth-order valence-corrected chi connectivity index (χ4v) is 2.07. The van der Waals surface area contributed by atoms with E-state index in [9.17, 15) is 18.0 Å². The maximum Gasteiger partial charge on any atom is 0.409 e. The molecule has 0 amide bonds. The third-order valence-corrected chi connectivity index (χ3v) is 3.06. The lowest BCUT2D eigenvalue weighted by Gasteiger charge is -2.19. The summed E-state index contributed by atoms with van der Waals surface area (Å²) >= 11 is 0. The monoisotopic (exact) mass is 264 g/mol. The summed E-state index contributed by atoms with van der Waals surface area (Å²) in [5.74, 6) is -1.33. The Labute approximate surface area is 105 Å². The SMILES string of the molecule is CC(C)(C)OC(=O)[C@@H]1[C@@H](/C=C/C(F)(F)F)C1(C)C. The van der Waals surface area contributed by atoms with Crippen LogP contribution in [-0.2, 0) is 9.53 Å². The zero-order valence-electron chi connectivity index (χ0n) is 11.3. The van der Waals surface area contributed by atoms with Gasteiger partial charge >= 0.3 is 12.1 Å². The highest BCUT2D eigenvalue weighted by molar-refractivity contribution is 5.78. The number of esters is 1. The number of rotatable bonds is 2. The van der Waals surface area contributed by atoms with Gasteiger partial charge in [-0.2, -0.15) is 13.2 Å². The maximum atomic E-state index is 12.1. The smallest absolute Gasteiger partial charge is 0.409 e.